The second kappa shape index (κ2) is 6.95. The Morgan fingerprint density at radius 1 is 1.39 bits per heavy atom. The minimum absolute atomic E-state index is 0.00856. The molecule has 2 aliphatic rings. The van der Waals surface area contributed by atoms with Crippen LogP contribution in [-0.4, -0.2) is 47.1 Å². The predicted octanol–water partition coefficient (Wildman–Crippen LogP) is 3.88. The number of fused-ring (bicyclic) bond motifs is 2. The zero-order valence-corrected chi connectivity index (χ0v) is 15.9. The monoisotopic (exact) mass is 391 g/mol. The van der Waals surface area contributed by atoms with Crippen LogP contribution in [0.1, 0.15) is 31.4 Å². The van der Waals surface area contributed by atoms with Crippen LogP contribution in [0.15, 0.2) is 30.5 Å². The van der Waals surface area contributed by atoms with Gasteiger partial charge in [0.15, 0.2) is 0 Å². The molecule has 2 heterocycles. The average molecular weight is 391 g/mol. The zero-order valence-electron chi connectivity index (χ0n) is 15.9. The van der Waals surface area contributed by atoms with Crippen LogP contribution in [0.2, 0.25) is 0 Å². The first-order chi connectivity index (χ1) is 13.3. The van der Waals surface area contributed by atoms with Gasteiger partial charge >= 0.3 is 6.18 Å². The molecule has 4 nitrogen and oxygen atoms in total. The van der Waals surface area contributed by atoms with E-state index in [1.807, 2.05) is 44.3 Å². The van der Waals surface area contributed by atoms with Crippen molar-refractivity contribution in [3.05, 3.63) is 41.6 Å². The van der Waals surface area contributed by atoms with Gasteiger partial charge in [-0.15, -0.1) is 0 Å². The highest BCUT2D eigenvalue weighted by atomic mass is 19.4. The molecule has 3 atom stereocenters. The third-order valence-electron chi connectivity index (χ3n) is 5.84. The Labute approximate surface area is 161 Å². The van der Waals surface area contributed by atoms with E-state index in [4.69, 9.17) is 0 Å². The molecule has 7 heteroatoms. The lowest BCUT2D eigenvalue weighted by Crippen LogP contribution is -2.52. The van der Waals surface area contributed by atoms with E-state index in [1.54, 1.807) is 0 Å². The standard InChI is InChI=1S/C21H24F3N3O/c1-3-12(2)26-20(28)14-7-16-15-5-4-6-17-19(15)13(9-25-17)8-18(16)27(10-14)11-21(22,23)24/h4-7,9,12,14,18,25H,3,8,10-11H2,1-2H3,(H,26,28)/t12?,14-,18-/m1/s1. The second-order valence-electron chi connectivity index (χ2n) is 7.85. The van der Waals surface area contributed by atoms with E-state index in [0.29, 0.717) is 6.42 Å². The van der Waals surface area contributed by atoms with Crippen molar-refractivity contribution >= 4 is 22.4 Å². The summed E-state index contributed by atoms with van der Waals surface area (Å²) in [5, 5.41) is 3.97. The lowest BCUT2D eigenvalue weighted by atomic mass is 9.79. The molecule has 28 heavy (non-hydrogen) atoms. The Balaban J connectivity index is 1.76. The first-order valence-electron chi connectivity index (χ1n) is 9.69. The Bertz CT molecular complexity index is 931. The summed E-state index contributed by atoms with van der Waals surface area (Å²) in [4.78, 5) is 17.4. The minimum atomic E-state index is -4.31. The van der Waals surface area contributed by atoms with E-state index in [9.17, 15) is 18.0 Å². The first-order valence-corrected chi connectivity index (χ1v) is 9.69. The van der Waals surface area contributed by atoms with Crippen molar-refractivity contribution < 1.29 is 18.0 Å². The number of carbonyl (C=O) groups excluding carboxylic acids is 1. The number of halogens is 3. The number of hydrogen-bond donors (Lipinski definition) is 2. The molecule has 1 aliphatic heterocycles. The van der Waals surface area contributed by atoms with Crippen molar-refractivity contribution in [1.82, 2.24) is 15.2 Å². The number of rotatable bonds is 4. The third kappa shape index (κ3) is 3.43. The Morgan fingerprint density at radius 2 is 2.18 bits per heavy atom. The van der Waals surface area contributed by atoms with Crippen LogP contribution in [-0.2, 0) is 11.2 Å². The van der Waals surface area contributed by atoms with E-state index in [1.165, 1.54) is 4.90 Å². The lowest BCUT2D eigenvalue weighted by Gasteiger charge is -2.42. The second-order valence-corrected chi connectivity index (χ2v) is 7.85. The van der Waals surface area contributed by atoms with Gasteiger partial charge in [-0.3, -0.25) is 9.69 Å². The molecule has 2 aromatic rings. The van der Waals surface area contributed by atoms with E-state index in [-0.39, 0.29) is 24.5 Å². The lowest BCUT2D eigenvalue weighted by molar-refractivity contribution is -0.152. The van der Waals surface area contributed by atoms with Gasteiger partial charge in [-0.25, -0.2) is 0 Å². The molecule has 1 aliphatic carbocycles. The van der Waals surface area contributed by atoms with E-state index < -0.39 is 18.6 Å². The number of amides is 1. The Hall–Kier alpha value is -2.28. The normalized spacial score (nSPS) is 23.2. The van der Waals surface area contributed by atoms with Gasteiger partial charge in [0.25, 0.3) is 0 Å². The molecule has 1 aromatic carbocycles. The van der Waals surface area contributed by atoms with Gasteiger partial charge in [-0.1, -0.05) is 25.1 Å². The maximum Gasteiger partial charge on any atom is 0.401 e. The molecule has 150 valence electrons. The quantitative estimate of drug-likeness (QED) is 0.831. The molecule has 4 rings (SSSR count). The Kier molecular flexibility index (Phi) is 4.73. The largest absolute Gasteiger partial charge is 0.401 e. The Morgan fingerprint density at radius 3 is 2.89 bits per heavy atom. The molecule has 0 saturated carbocycles. The van der Waals surface area contributed by atoms with Crippen molar-refractivity contribution in [1.29, 1.82) is 0 Å². The van der Waals surface area contributed by atoms with Crippen LogP contribution in [0, 0.1) is 5.92 Å². The van der Waals surface area contributed by atoms with Gasteiger partial charge in [0.05, 0.1) is 12.5 Å². The molecular formula is C21H24F3N3O. The summed E-state index contributed by atoms with van der Waals surface area (Å²) in [5.41, 5.74) is 3.76. The summed E-state index contributed by atoms with van der Waals surface area (Å²) in [6.07, 6.45) is 0.748. The highest BCUT2D eigenvalue weighted by Crippen LogP contribution is 2.42. The zero-order chi connectivity index (χ0) is 20.1. The van der Waals surface area contributed by atoms with Gasteiger partial charge in [-0.2, -0.15) is 13.2 Å². The summed E-state index contributed by atoms with van der Waals surface area (Å²) in [6.45, 7) is 2.92. The van der Waals surface area contributed by atoms with Crippen molar-refractivity contribution in [2.24, 2.45) is 5.92 Å². The van der Waals surface area contributed by atoms with E-state index >= 15 is 0 Å². The predicted molar refractivity (Wildman–Crippen MR) is 103 cm³/mol. The molecule has 2 N–H and O–H groups in total. The SMILES string of the molecule is CCC(C)NC(=O)[C@@H]1C=C2c3cccc4[nH]cc(c34)C[C@H]2N(CC(F)(F)F)C1. The fourth-order valence-corrected chi connectivity index (χ4v) is 4.35. The maximum atomic E-state index is 13.3. The molecule has 1 aromatic heterocycles. The highest BCUT2D eigenvalue weighted by molar-refractivity contribution is 5.99. The van der Waals surface area contributed by atoms with Crippen molar-refractivity contribution in [2.45, 2.75) is 44.9 Å². The number of aromatic nitrogens is 1. The summed E-state index contributed by atoms with van der Waals surface area (Å²) in [6, 6.07) is 5.43. The summed E-state index contributed by atoms with van der Waals surface area (Å²) in [7, 11) is 0. The minimum Gasteiger partial charge on any atom is -0.361 e. The van der Waals surface area contributed by atoms with Gasteiger partial charge in [0, 0.05) is 35.7 Å². The van der Waals surface area contributed by atoms with Crippen molar-refractivity contribution in [2.75, 3.05) is 13.1 Å². The van der Waals surface area contributed by atoms with Crippen LogP contribution >= 0.6 is 0 Å². The fraction of sp³-hybridized carbons (Fsp3) is 0.476. The van der Waals surface area contributed by atoms with Gasteiger partial charge < -0.3 is 10.3 Å². The molecule has 0 bridgehead atoms. The topological polar surface area (TPSA) is 48.1 Å². The molecule has 1 unspecified atom stereocenters. The van der Waals surface area contributed by atoms with Gasteiger partial charge in [0.1, 0.15) is 0 Å². The highest BCUT2D eigenvalue weighted by Gasteiger charge is 2.42. The number of alkyl halides is 3. The van der Waals surface area contributed by atoms with Gasteiger partial charge in [0.2, 0.25) is 5.91 Å². The van der Waals surface area contributed by atoms with Crippen LogP contribution < -0.4 is 5.32 Å². The number of benzene rings is 1. The average Bonchev–Trinajstić information content (AvgIpc) is 3.05. The molecule has 0 radical (unpaired) electrons. The smallest absolute Gasteiger partial charge is 0.361 e. The number of hydrogen-bond acceptors (Lipinski definition) is 2. The number of aromatic amines is 1. The fourth-order valence-electron chi connectivity index (χ4n) is 4.35. The summed E-state index contributed by atoms with van der Waals surface area (Å²) >= 11 is 0. The molecule has 0 fully saturated rings. The third-order valence-corrected chi connectivity index (χ3v) is 5.84. The van der Waals surface area contributed by atoms with Crippen molar-refractivity contribution in [3.8, 4) is 0 Å². The van der Waals surface area contributed by atoms with E-state index in [0.717, 1.165) is 34.0 Å². The molecule has 0 saturated heterocycles. The van der Waals surface area contributed by atoms with Crippen LogP contribution in [0.4, 0.5) is 13.2 Å². The number of nitrogens with one attached hydrogen (secondary N) is 2. The molecular weight excluding hydrogens is 367 g/mol. The summed E-state index contributed by atoms with van der Waals surface area (Å²) in [5.74, 6) is -0.808. The molecule has 1 amide bonds. The van der Waals surface area contributed by atoms with E-state index in [2.05, 4.69) is 10.3 Å². The first kappa shape index (κ1) is 19.1. The van der Waals surface area contributed by atoms with Crippen LogP contribution in [0.5, 0.6) is 0 Å². The number of H-pyrrole nitrogens is 1. The number of carbonyl (C=O) groups is 1. The van der Waals surface area contributed by atoms with Gasteiger partial charge in [-0.05, 0) is 42.5 Å². The molecule has 0 spiro atoms. The summed E-state index contributed by atoms with van der Waals surface area (Å²) < 4.78 is 39.9. The van der Waals surface area contributed by atoms with Crippen LogP contribution in [0.3, 0.4) is 0 Å². The van der Waals surface area contributed by atoms with Crippen molar-refractivity contribution in [3.63, 3.8) is 0 Å². The number of nitrogens with zero attached hydrogens (tertiary/aromatic N) is 1. The maximum absolute atomic E-state index is 13.3. The van der Waals surface area contributed by atoms with Crippen LogP contribution in [0.25, 0.3) is 16.5 Å².